The molecule has 1 aromatic rings. The Hall–Kier alpha value is -2.77. The molecule has 60 heavy (non-hydrogen) atoms. The first-order valence-electron chi connectivity index (χ1n) is 24.0. The Bertz CT molecular complexity index is 1240. The molecule has 1 saturated heterocycles. The van der Waals surface area contributed by atoms with Gasteiger partial charge in [-0.05, 0) is 25.3 Å². The third kappa shape index (κ3) is 21.3. The van der Waals surface area contributed by atoms with E-state index in [0.29, 0.717) is 23.3 Å². The van der Waals surface area contributed by atoms with Crippen LogP contribution in [0.1, 0.15) is 193 Å². The number of hydrogen-bond donors (Lipinski definition) is 4. The average Bonchev–Trinajstić information content (AvgIpc) is 3.25. The van der Waals surface area contributed by atoms with Crippen LogP contribution in [0.2, 0.25) is 0 Å². The van der Waals surface area contributed by atoms with Gasteiger partial charge in [0, 0.05) is 6.54 Å². The van der Waals surface area contributed by atoms with E-state index in [2.05, 4.69) is 13.8 Å². The van der Waals surface area contributed by atoms with Crippen molar-refractivity contribution in [3.63, 3.8) is 0 Å². The average molecular weight is 848 g/mol. The van der Waals surface area contributed by atoms with Crippen molar-refractivity contribution in [2.24, 2.45) is 5.73 Å². The zero-order valence-corrected chi connectivity index (χ0v) is 37.8. The monoisotopic (exact) mass is 848 g/mol. The van der Waals surface area contributed by atoms with Gasteiger partial charge in [0.2, 0.25) is 5.91 Å². The van der Waals surface area contributed by atoms with Crippen molar-refractivity contribution in [1.82, 2.24) is 9.80 Å². The lowest BCUT2D eigenvalue weighted by Gasteiger charge is -2.49. The standard InChI is InChI=1S/C48H85N3O9/c1-4-6-8-10-12-14-16-17-18-19-20-21-22-24-26-31-35-50(47(56)58-36-32-27-25-23-15-13-11-9-7-5-2)46-42(44(54)43(53)41(37-52)60-46)51(45(55)39(3)49)48(57)59-38-40-33-29-28-30-34-40/h28-30,33-34,39,41-44,46,52-54H,4-27,31-32,35-38,49H2,1-3H3/t39-,41+,42+,43+,44+,46+/m0/s1. The van der Waals surface area contributed by atoms with Gasteiger partial charge in [0.1, 0.15) is 31.0 Å². The maximum Gasteiger partial charge on any atom is 0.417 e. The third-order valence-electron chi connectivity index (χ3n) is 11.7. The van der Waals surface area contributed by atoms with Crippen molar-refractivity contribution >= 4 is 18.1 Å². The second-order valence-electron chi connectivity index (χ2n) is 17.0. The minimum absolute atomic E-state index is 0.136. The molecule has 6 atom stereocenters. The van der Waals surface area contributed by atoms with E-state index in [4.69, 9.17) is 19.9 Å². The van der Waals surface area contributed by atoms with E-state index in [-0.39, 0.29) is 19.8 Å². The quantitative estimate of drug-likeness (QED) is 0.0489. The lowest BCUT2D eigenvalue weighted by Crippen LogP contribution is -2.71. The van der Waals surface area contributed by atoms with E-state index in [1.807, 2.05) is 6.07 Å². The number of rotatable bonds is 34. The normalized spacial score (nSPS) is 19.5. The van der Waals surface area contributed by atoms with Gasteiger partial charge in [-0.15, -0.1) is 0 Å². The van der Waals surface area contributed by atoms with Crippen LogP contribution in [0, 0.1) is 0 Å². The first-order valence-corrected chi connectivity index (χ1v) is 24.0. The summed E-state index contributed by atoms with van der Waals surface area (Å²) >= 11 is 0. The third-order valence-corrected chi connectivity index (χ3v) is 11.7. The zero-order valence-electron chi connectivity index (χ0n) is 37.8. The van der Waals surface area contributed by atoms with Gasteiger partial charge in [0.25, 0.3) is 0 Å². The number of carbonyl (C=O) groups excluding carboxylic acids is 3. The van der Waals surface area contributed by atoms with Gasteiger partial charge in [-0.1, -0.05) is 198 Å². The molecular formula is C48H85N3O9. The van der Waals surface area contributed by atoms with E-state index >= 15 is 0 Å². The van der Waals surface area contributed by atoms with Crippen molar-refractivity contribution in [2.75, 3.05) is 19.8 Å². The number of ether oxygens (including phenoxy) is 3. The number of amides is 3. The Morgan fingerprint density at radius 3 is 1.55 bits per heavy atom. The molecule has 1 aromatic carbocycles. The molecule has 0 spiro atoms. The van der Waals surface area contributed by atoms with E-state index in [1.54, 1.807) is 24.3 Å². The lowest BCUT2D eigenvalue weighted by molar-refractivity contribution is -0.241. The van der Waals surface area contributed by atoms with Crippen LogP contribution >= 0.6 is 0 Å². The summed E-state index contributed by atoms with van der Waals surface area (Å²) in [7, 11) is 0. The van der Waals surface area contributed by atoms with Gasteiger partial charge >= 0.3 is 12.2 Å². The van der Waals surface area contributed by atoms with Crippen molar-refractivity contribution < 1.29 is 43.9 Å². The number of benzene rings is 1. The summed E-state index contributed by atoms with van der Waals surface area (Å²) in [5.74, 6) is -0.888. The Kier molecular flexibility index (Phi) is 30.1. The van der Waals surface area contributed by atoms with Gasteiger partial charge in [-0.25, -0.2) is 14.5 Å². The predicted octanol–water partition coefficient (Wildman–Crippen LogP) is 9.93. The molecule has 1 fully saturated rings. The molecule has 1 aliphatic rings. The number of aliphatic hydroxyl groups excluding tert-OH is 3. The smallest absolute Gasteiger partial charge is 0.417 e. The molecule has 12 nitrogen and oxygen atoms in total. The Morgan fingerprint density at radius 2 is 1.10 bits per heavy atom. The maximum absolute atomic E-state index is 14.0. The van der Waals surface area contributed by atoms with Crippen molar-refractivity contribution in [1.29, 1.82) is 0 Å². The lowest BCUT2D eigenvalue weighted by atomic mass is 9.93. The van der Waals surface area contributed by atoms with Crippen molar-refractivity contribution in [2.45, 2.75) is 231 Å². The Balaban J connectivity index is 2.10. The number of unbranched alkanes of at least 4 members (excludes halogenated alkanes) is 24. The molecule has 3 amide bonds. The van der Waals surface area contributed by atoms with Crippen LogP contribution in [0.4, 0.5) is 9.59 Å². The molecule has 0 aliphatic carbocycles. The molecule has 5 N–H and O–H groups in total. The molecule has 12 heteroatoms. The van der Waals surface area contributed by atoms with Crippen LogP contribution in [-0.2, 0) is 25.6 Å². The molecule has 1 aliphatic heterocycles. The summed E-state index contributed by atoms with van der Waals surface area (Å²) in [6.45, 7) is 5.31. The van der Waals surface area contributed by atoms with Crippen molar-refractivity contribution in [3.05, 3.63) is 35.9 Å². The summed E-state index contributed by atoms with van der Waals surface area (Å²) in [6.07, 6.45) is 22.2. The summed E-state index contributed by atoms with van der Waals surface area (Å²) in [5, 5.41) is 32.8. The molecule has 0 radical (unpaired) electrons. The fraction of sp³-hybridized carbons (Fsp3) is 0.812. The van der Waals surface area contributed by atoms with E-state index < -0.39 is 61.3 Å². The minimum atomic E-state index is -1.81. The molecule has 0 saturated carbocycles. The van der Waals surface area contributed by atoms with Crippen LogP contribution in [0.25, 0.3) is 0 Å². The number of carbonyl (C=O) groups is 3. The Morgan fingerprint density at radius 1 is 0.650 bits per heavy atom. The Labute approximate surface area is 363 Å². The summed E-state index contributed by atoms with van der Waals surface area (Å²) in [4.78, 5) is 43.5. The largest absolute Gasteiger partial charge is 0.449 e. The first-order chi connectivity index (χ1) is 29.2. The van der Waals surface area contributed by atoms with Gasteiger partial charge in [-0.2, -0.15) is 0 Å². The van der Waals surface area contributed by atoms with Gasteiger partial charge < -0.3 is 35.3 Å². The van der Waals surface area contributed by atoms with Crippen LogP contribution in [0.5, 0.6) is 0 Å². The molecule has 0 aromatic heterocycles. The molecule has 1 heterocycles. The van der Waals surface area contributed by atoms with Crippen LogP contribution in [0.3, 0.4) is 0 Å². The van der Waals surface area contributed by atoms with E-state index in [1.165, 1.54) is 121 Å². The highest BCUT2D eigenvalue weighted by atomic mass is 16.6. The SMILES string of the molecule is CCCCCCCCCCCCCCCCCCN(C(=O)OCCCCCCCCCCCC)[C@@H]1O[C@H](CO)[C@@H](O)[C@H](O)[C@H]1N(C(=O)OCc1ccccc1)C(=O)[C@H](C)N. The highest BCUT2D eigenvalue weighted by Gasteiger charge is 2.54. The predicted molar refractivity (Wildman–Crippen MR) is 238 cm³/mol. The number of nitrogens with two attached hydrogens (primary N) is 1. The molecule has 2 rings (SSSR count). The van der Waals surface area contributed by atoms with E-state index in [9.17, 15) is 29.7 Å². The summed E-state index contributed by atoms with van der Waals surface area (Å²) < 4.78 is 17.5. The second-order valence-corrected chi connectivity index (χ2v) is 17.0. The number of imide groups is 1. The van der Waals surface area contributed by atoms with Gasteiger partial charge in [0.05, 0.1) is 19.3 Å². The van der Waals surface area contributed by atoms with Crippen LogP contribution < -0.4 is 5.73 Å². The second kappa shape index (κ2) is 33.8. The van der Waals surface area contributed by atoms with Gasteiger partial charge in [-0.3, -0.25) is 9.69 Å². The number of aliphatic hydroxyl groups is 3. The zero-order chi connectivity index (χ0) is 43.8. The maximum atomic E-state index is 14.0. The van der Waals surface area contributed by atoms with Crippen molar-refractivity contribution in [3.8, 4) is 0 Å². The molecule has 0 unspecified atom stereocenters. The minimum Gasteiger partial charge on any atom is -0.449 e. The number of nitrogens with zero attached hydrogens (tertiary/aromatic N) is 2. The molecular weight excluding hydrogens is 763 g/mol. The van der Waals surface area contributed by atoms with E-state index in [0.717, 1.165) is 44.9 Å². The summed E-state index contributed by atoms with van der Waals surface area (Å²) in [5.41, 5.74) is 6.69. The van der Waals surface area contributed by atoms with Crippen LogP contribution in [0.15, 0.2) is 30.3 Å². The van der Waals surface area contributed by atoms with Crippen LogP contribution in [-0.4, -0.2) is 99.6 Å². The number of hydrogen-bond acceptors (Lipinski definition) is 10. The summed E-state index contributed by atoms with van der Waals surface area (Å²) in [6, 6.07) is 6.08. The highest BCUT2D eigenvalue weighted by Crippen LogP contribution is 2.30. The highest BCUT2D eigenvalue weighted by molar-refractivity contribution is 5.95. The van der Waals surface area contributed by atoms with Gasteiger partial charge in [0.15, 0.2) is 6.23 Å². The first kappa shape index (κ1) is 53.4. The fourth-order valence-electron chi connectivity index (χ4n) is 7.97. The topological polar surface area (TPSA) is 172 Å². The molecule has 346 valence electrons. The molecule has 0 bridgehead atoms. The fourth-order valence-corrected chi connectivity index (χ4v) is 7.97.